The molecule has 8 heteroatoms. The van der Waals surface area contributed by atoms with Crippen molar-refractivity contribution in [3.8, 4) is 0 Å². The van der Waals surface area contributed by atoms with Gasteiger partial charge in [-0.05, 0) is 18.1 Å². The highest BCUT2D eigenvalue weighted by Crippen LogP contribution is 2.20. The van der Waals surface area contributed by atoms with Gasteiger partial charge in [0.2, 0.25) is 11.8 Å². The molecule has 0 radical (unpaired) electrons. The summed E-state index contributed by atoms with van der Waals surface area (Å²) in [5.74, 6) is -1.97. The molecule has 0 spiro atoms. The molecule has 1 aromatic heterocycles. The molecule has 0 saturated heterocycles. The predicted octanol–water partition coefficient (Wildman–Crippen LogP) is 1.26. The van der Waals surface area contributed by atoms with Gasteiger partial charge in [0.05, 0.1) is 6.54 Å². The molecule has 0 unspecified atom stereocenters. The van der Waals surface area contributed by atoms with Gasteiger partial charge in [-0.2, -0.15) is 0 Å². The van der Waals surface area contributed by atoms with Gasteiger partial charge in [-0.15, -0.1) is 0 Å². The Morgan fingerprint density at radius 1 is 1.29 bits per heavy atom. The number of carboxylic acids is 1. The Kier molecular flexibility index (Phi) is 7.57. The van der Waals surface area contributed by atoms with E-state index < -0.39 is 29.9 Å². The molecule has 28 heavy (non-hydrogen) atoms. The number of rotatable bonds is 10. The second-order valence-electron chi connectivity index (χ2n) is 6.83. The topological polar surface area (TPSA) is 129 Å². The number of H-pyrrole nitrogens is 1. The summed E-state index contributed by atoms with van der Waals surface area (Å²) in [5.41, 5.74) is 7.18. The van der Waals surface area contributed by atoms with Crippen LogP contribution in [-0.4, -0.2) is 58.5 Å². The van der Waals surface area contributed by atoms with Gasteiger partial charge in [-0.25, -0.2) is 4.79 Å². The molecule has 0 aliphatic heterocycles. The van der Waals surface area contributed by atoms with E-state index in [2.05, 4.69) is 10.3 Å². The summed E-state index contributed by atoms with van der Waals surface area (Å²) in [4.78, 5) is 40.9. The Bertz CT molecular complexity index is 832. The molecule has 2 rings (SSSR count). The summed E-state index contributed by atoms with van der Waals surface area (Å²) in [7, 11) is 1.47. The van der Waals surface area contributed by atoms with Gasteiger partial charge in [-0.1, -0.05) is 38.0 Å². The van der Waals surface area contributed by atoms with Crippen molar-refractivity contribution in [1.82, 2.24) is 15.2 Å². The highest BCUT2D eigenvalue weighted by molar-refractivity contribution is 5.92. The van der Waals surface area contributed by atoms with Crippen LogP contribution in [0.15, 0.2) is 30.5 Å². The van der Waals surface area contributed by atoms with E-state index >= 15 is 0 Å². The Morgan fingerprint density at radius 2 is 2.00 bits per heavy atom. The van der Waals surface area contributed by atoms with Gasteiger partial charge in [0.1, 0.15) is 12.1 Å². The minimum Gasteiger partial charge on any atom is -0.480 e. The van der Waals surface area contributed by atoms with Crippen molar-refractivity contribution in [1.29, 1.82) is 0 Å². The molecule has 1 aromatic carbocycles. The van der Waals surface area contributed by atoms with E-state index in [-0.39, 0.29) is 13.0 Å². The third-order valence-corrected chi connectivity index (χ3v) is 4.85. The fourth-order valence-electron chi connectivity index (χ4n) is 3.25. The van der Waals surface area contributed by atoms with Gasteiger partial charge >= 0.3 is 5.97 Å². The van der Waals surface area contributed by atoms with Crippen LogP contribution in [0.5, 0.6) is 0 Å². The van der Waals surface area contributed by atoms with Crippen LogP contribution < -0.4 is 11.1 Å². The molecule has 152 valence electrons. The fraction of sp³-hybridized carbons (Fsp3) is 0.450. The number of nitrogens with two attached hydrogens (primary N) is 1. The number of hydrogen-bond acceptors (Lipinski definition) is 4. The van der Waals surface area contributed by atoms with Crippen molar-refractivity contribution in [2.45, 2.75) is 44.7 Å². The number of benzene rings is 1. The van der Waals surface area contributed by atoms with E-state index in [0.29, 0.717) is 12.8 Å². The normalized spacial score (nSPS) is 13.1. The van der Waals surface area contributed by atoms with E-state index in [4.69, 9.17) is 5.73 Å². The first-order chi connectivity index (χ1) is 13.4. The zero-order valence-corrected chi connectivity index (χ0v) is 16.3. The summed E-state index contributed by atoms with van der Waals surface area (Å²) >= 11 is 0. The van der Waals surface area contributed by atoms with Gasteiger partial charge in [0.15, 0.2) is 0 Å². The number of carbonyl (C=O) groups is 3. The number of aliphatic carboxylic acids is 1. The van der Waals surface area contributed by atoms with E-state index in [1.807, 2.05) is 31.2 Å². The highest BCUT2D eigenvalue weighted by atomic mass is 16.4. The zero-order valence-electron chi connectivity index (χ0n) is 16.3. The van der Waals surface area contributed by atoms with Crippen LogP contribution in [0.3, 0.4) is 0 Å². The van der Waals surface area contributed by atoms with Crippen LogP contribution in [0.4, 0.5) is 0 Å². The van der Waals surface area contributed by atoms with Crippen molar-refractivity contribution in [2.24, 2.45) is 5.73 Å². The molecule has 2 aromatic rings. The standard InChI is InChI=1S/C20H28N4O4/c1-3-4-9-17(20(27)28)24(2)19(26)16(23-18(25)11-21)10-13-12-22-15-8-6-5-7-14(13)15/h5-8,12,16-17,22H,3-4,9-11,21H2,1-2H3,(H,23,25)(H,27,28)/t16-,17-/m0/s1. The maximum absolute atomic E-state index is 13.1. The van der Waals surface area contributed by atoms with Crippen molar-refractivity contribution < 1.29 is 19.5 Å². The molecule has 0 fully saturated rings. The molecule has 0 aliphatic carbocycles. The third kappa shape index (κ3) is 5.10. The number of likely N-dealkylation sites (N-methyl/N-ethyl adjacent to an activating group) is 1. The number of amides is 2. The van der Waals surface area contributed by atoms with E-state index in [0.717, 1.165) is 22.9 Å². The average Bonchev–Trinajstić information content (AvgIpc) is 3.09. The average molecular weight is 388 g/mol. The maximum atomic E-state index is 13.1. The first kappa shape index (κ1) is 21.4. The number of aromatic nitrogens is 1. The fourth-order valence-corrected chi connectivity index (χ4v) is 3.25. The Balaban J connectivity index is 2.26. The molecule has 0 bridgehead atoms. The molecular formula is C20H28N4O4. The Hall–Kier alpha value is -2.87. The number of carboxylic acid groups (broad SMARTS) is 1. The lowest BCUT2D eigenvalue weighted by atomic mass is 10.0. The van der Waals surface area contributed by atoms with Crippen LogP contribution in [-0.2, 0) is 20.8 Å². The number of fused-ring (bicyclic) bond motifs is 1. The monoisotopic (exact) mass is 388 g/mol. The molecule has 0 aliphatic rings. The largest absolute Gasteiger partial charge is 0.480 e. The second kappa shape index (κ2) is 9.89. The number of aromatic amines is 1. The van der Waals surface area contributed by atoms with E-state index in [1.165, 1.54) is 11.9 Å². The highest BCUT2D eigenvalue weighted by Gasteiger charge is 2.32. The first-order valence-electron chi connectivity index (χ1n) is 9.42. The van der Waals surface area contributed by atoms with Gasteiger partial charge < -0.3 is 26.0 Å². The van der Waals surface area contributed by atoms with Crippen molar-refractivity contribution >= 4 is 28.7 Å². The third-order valence-electron chi connectivity index (χ3n) is 4.85. The van der Waals surface area contributed by atoms with Crippen LogP contribution in [0.1, 0.15) is 31.7 Å². The Labute approximate surface area is 164 Å². The molecule has 2 atom stereocenters. The molecule has 1 heterocycles. The van der Waals surface area contributed by atoms with Crippen molar-refractivity contribution in [2.75, 3.05) is 13.6 Å². The molecule has 0 saturated carbocycles. The minimum absolute atomic E-state index is 0.235. The molecule has 2 amide bonds. The number of hydrogen-bond donors (Lipinski definition) is 4. The van der Waals surface area contributed by atoms with Crippen molar-refractivity contribution in [3.63, 3.8) is 0 Å². The minimum atomic E-state index is -1.06. The molecule has 5 N–H and O–H groups in total. The first-order valence-corrected chi connectivity index (χ1v) is 9.42. The van der Waals surface area contributed by atoms with Gasteiger partial charge in [-0.3, -0.25) is 9.59 Å². The summed E-state index contributed by atoms with van der Waals surface area (Å²) in [6.07, 6.45) is 3.91. The Morgan fingerprint density at radius 3 is 2.64 bits per heavy atom. The lowest BCUT2D eigenvalue weighted by Gasteiger charge is -2.29. The second-order valence-corrected chi connectivity index (χ2v) is 6.83. The number of nitrogens with zero attached hydrogens (tertiary/aromatic N) is 1. The van der Waals surface area contributed by atoms with Crippen LogP contribution >= 0.6 is 0 Å². The van der Waals surface area contributed by atoms with E-state index in [9.17, 15) is 19.5 Å². The smallest absolute Gasteiger partial charge is 0.326 e. The molecular weight excluding hydrogens is 360 g/mol. The number of unbranched alkanes of at least 4 members (excludes halogenated alkanes) is 1. The van der Waals surface area contributed by atoms with Gasteiger partial charge in [0.25, 0.3) is 0 Å². The summed E-state index contributed by atoms with van der Waals surface area (Å²) in [6.45, 7) is 1.71. The summed E-state index contributed by atoms with van der Waals surface area (Å²) in [6, 6.07) is 5.81. The lowest BCUT2D eigenvalue weighted by Crippen LogP contribution is -2.54. The quantitative estimate of drug-likeness (QED) is 0.487. The van der Waals surface area contributed by atoms with E-state index in [1.54, 1.807) is 6.20 Å². The predicted molar refractivity (Wildman–Crippen MR) is 107 cm³/mol. The maximum Gasteiger partial charge on any atom is 0.326 e. The van der Waals surface area contributed by atoms with Crippen LogP contribution in [0, 0.1) is 0 Å². The number of nitrogens with one attached hydrogen (secondary N) is 2. The lowest BCUT2D eigenvalue weighted by molar-refractivity contribution is -0.150. The summed E-state index contributed by atoms with van der Waals surface area (Å²) < 4.78 is 0. The number of para-hydroxylation sites is 1. The SMILES string of the molecule is CCCC[C@@H](C(=O)O)N(C)C(=O)[C@H](Cc1c[nH]c2ccccc12)NC(=O)CN. The van der Waals surface area contributed by atoms with Crippen molar-refractivity contribution in [3.05, 3.63) is 36.0 Å². The zero-order chi connectivity index (χ0) is 20.7. The molecule has 8 nitrogen and oxygen atoms in total. The number of carbonyl (C=O) groups excluding carboxylic acids is 2. The van der Waals surface area contributed by atoms with Crippen LogP contribution in [0.2, 0.25) is 0 Å². The van der Waals surface area contributed by atoms with Gasteiger partial charge in [0, 0.05) is 30.6 Å². The summed E-state index contributed by atoms with van der Waals surface area (Å²) in [5, 5.41) is 13.1. The van der Waals surface area contributed by atoms with Crippen LogP contribution in [0.25, 0.3) is 10.9 Å².